The quantitative estimate of drug-likeness (QED) is 0.476. The first-order valence-corrected chi connectivity index (χ1v) is 3.11. The molecule has 0 aromatic carbocycles. The summed E-state index contributed by atoms with van der Waals surface area (Å²) < 4.78 is 4.57. The molecule has 0 unspecified atom stereocenters. The predicted molar refractivity (Wildman–Crippen MR) is 36.1 cm³/mol. The molecule has 0 aliphatic rings. The van der Waals surface area contributed by atoms with Crippen molar-refractivity contribution in [2.45, 2.75) is 13.3 Å². The molecule has 4 heteroatoms. The van der Waals surface area contributed by atoms with Crippen LogP contribution in [0.5, 0.6) is 0 Å². The third-order valence-corrected chi connectivity index (χ3v) is 1.13. The van der Waals surface area contributed by atoms with E-state index in [2.05, 4.69) is 9.40 Å². The predicted octanol–water partition coefficient (Wildman–Crippen LogP) is 0.836. The Labute approximate surface area is 63.2 Å². The minimum atomic E-state index is -0.300. The Hall–Kier alpha value is -1.45. The van der Waals surface area contributed by atoms with Crippen molar-refractivity contribution < 1.29 is 14.0 Å². The Morgan fingerprint density at radius 2 is 2.36 bits per heavy atom. The number of hydrogen-bond donors (Lipinski definition) is 0. The van der Waals surface area contributed by atoms with E-state index in [1.54, 1.807) is 0 Å². The zero-order chi connectivity index (χ0) is 8.27. The first kappa shape index (κ1) is 7.65. The monoisotopic (exact) mass is 153 g/mol. The van der Waals surface area contributed by atoms with Gasteiger partial charge in [-0.15, -0.1) is 0 Å². The molecule has 0 saturated carbocycles. The number of oxazole rings is 1. The second kappa shape index (κ2) is 3.09. The number of rotatable bonds is 3. The first-order valence-electron chi connectivity index (χ1n) is 3.11. The van der Waals surface area contributed by atoms with Crippen LogP contribution in [0.2, 0.25) is 0 Å². The van der Waals surface area contributed by atoms with Gasteiger partial charge in [-0.25, -0.2) is 4.98 Å². The molecule has 0 N–H and O–H groups in total. The Morgan fingerprint density at radius 1 is 1.64 bits per heavy atom. The van der Waals surface area contributed by atoms with Crippen LogP contribution in [0.4, 0.5) is 0 Å². The van der Waals surface area contributed by atoms with Gasteiger partial charge in [0.25, 0.3) is 0 Å². The van der Waals surface area contributed by atoms with Crippen molar-refractivity contribution in [1.29, 1.82) is 0 Å². The minimum absolute atomic E-state index is 0.105. The van der Waals surface area contributed by atoms with Crippen molar-refractivity contribution in [3.8, 4) is 0 Å². The van der Waals surface area contributed by atoms with Crippen molar-refractivity contribution in [2.75, 3.05) is 0 Å². The van der Waals surface area contributed by atoms with Crippen LogP contribution in [-0.2, 0) is 4.79 Å². The highest BCUT2D eigenvalue weighted by Gasteiger charge is 2.10. The Bertz CT molecular complexity index is 263. The van der Waals surface area contributed by atoms with Gasteiger partial charge >= 0.3 is 0 Å². The van der Waals surface area contributed by atoms with E-state index in [0.717, 1.165) is 6.39 Å². The highest BCUT2D eigenvalue weighted by atomic mass is 16.3. The van der Waals surface area contributed by atoms with Gasteiger partial charge in [-0.1, -0.05) is 0 Å². The van der Waals surface area contributed by atoms with Crippen LogP contribution >= 0.6 is 0 Å². The number of carbonyl (C=O) groups excluding carboxylic acids is 2. The summed E-state index contributed by atoms with van der Waals surface area (Å²) in [5.41, 5.74) is 0.209. The zero-order valence-corrected chi connectivity index (χ0v) is 6.03. The smallest absolute Gasteiger partial charge is 0.191 e. The molecule has 0 aliphatic heterocycles. The number of nitrogens with zero attached hydrogens (tertiary/aromatic N) is 1. The molecule has 0 aliphatic carbocycles. The molecular formula is C7H7NO3. The van der Waals surface area contributed by atoms with Gasteiger partial charge in [0, 0.05) is 0 Å². The second-order valence-corrected chi connectivity index (χ2v) is 2.18. The molecule has 1 aromatic rings. The number of Topliss-reactive ketones (excluding diaryl/α,β-unsaturated/α-hetero) is 2. The molecule has 1 heterocycles. The summed E-state index contributed by atoms with van der Waals surface area (Å²) >= 11 is 0. The lowest BCUT2D eigenvalue weighted by atomic mass is 10.2. The van der Waals surface area contributed by atoms with Gasteiger partial charge in [0.2, 0.25) is 0 Å². The summed E-state index contributed by atoms with van der Waals surface area (Å²) in [6.45, 7) is 1.36. The summed E-state index contributed by atoms with van der Waals surface area (Å²) in [5, 5.41) is 0. The van der Waals surface area contributed by atoms with Gasteiger partial charge in [0.1, 0.15) is 17.7 Å². The zero-order valence-electron chi connectivity index (χ0n) is 6.03. The van der Waals surface area contributed by atoms with Crippen LogP contribution in [0.3, 0.4) is 0 Å². The standard InChI is InChI=1S/C7H7NO3/c1-5(9)2-7(10)6-3-11-4-8-6/h3-4H,2H2,1H3. The lowest BCUT2D eigenvalue weighted by Crippen LogP contribution is -2.04. The first-order chi connectivity index (χ1) is 5.20. The largest absolute Gasteiger partial charge is 0.451 e. The van der Waals surface area contributed by atoms with E-state index in [9.17, 15) is 9.59 Å². The third-order valence-electron chi connectivity index (χ3n) is 1.13. The van der Waals surface area contributed by atoms with Crippen LogP contribution in [-0.4, -0.2) is 16.6 Å². The van der Waals surface area contributed by atoms with E-state index >= 15 is 0 Å². The fourth-order valence-electron chi connectivity index (χ4n) is 0.667. The van der Waals surface area contributed by atoms with Crippen LogP contribution in [0.25, 0.3) is 0 Å². The summed E-state index contributed by atoms with van der Waals surface area (Å²) in [4.78, 5) is 25.0. The van der Waals surface area contributed by atoms with E-state index in [4.69, 9.17) is 0 Å². The average molecular weight is 153 g/mol. The molecule has 0 fully saturated rings. The van der Waals surface area contributed by atoms with E-state index in [1.807, 2.05) is 0 Å². The minimum Gasteiger partial charge on any atom is -0.451 e. The maximum absolute atomic E-state index is 11.0. The fraction of sp³-hybridized carbons (Fsp3) is 0.286. The third kappa shape index (κ3) is 2.00. The fourth-order valence-corrected chi connectivity index (χ4v) is 0.667. The molecule has 11 heavy (non-hydrogen) atoms. The normalized spacial score (nSPS) is 9.55. The summed E-state index contributed by atoms with van der Waals surface area (Å²) in [6.07, 6.45) is 2.28. The molecular weight excluding hydrogens is 146 g/mol. The van der Waals surface area contributed by atoms with E-state index in [1.165, 1.54) is 13.2 Å². The van der Waals surface area contributed by atoms with Crippen LogP contribution in [0.15, 0.2) is 17.1 Å². The van der Waals surface area contributed by atoms with Crippen LogP contribution in [0.1, 0.15) is 23.8 Å². The highest BCUT2D eigenvalue weighted by molar-refractivity contribution is 6.05. The molecule has 0 atom stereocenters. The molecule has 0 bridgehead atoms. The summed E-state index contributed by atoms with van der Waals surface area (Å²) in [7, 11) is 0. The van der Waals surface area contributed by atoms with Crippen molar-refractivity contribution in [3.05, 3.63) is 18.4 Å². The van der Waals surface area contributed by atoms with Gasteiger partial charge in [0.15, 0.2) is 12.2 Å². The van der Waals surface area contributed by atoms with E-state index < -0.39 is 0 Å². The maximum Gasteiger partial charge on any atom is 0.191 e. The van der Waals surface area contributed by atoms with Crippen LogP contribution < -0.4 is 0 Å². The number of hydrogen-bond acceptors (Lipinski definition) is 4. The Balaban J connectivity index is 2.64. The average Bonchev–Trinajstić information content (AvgIpc) is 2.35. The molecule has 58 valence electrons. The topological polar surface area (TPSA) is 60.2 Å². The molecule has 0 amide bonds. The van der Waals surface area contributed by atoms with Gasteiger partial charge < -0.3 is 4.42 Å². The van der Waals surface area contributed by atoms with Crippen molar-refractivity contribution >= 4 is 11.6 Å². The van der Waals surface area contributed by atoms with Crippen LogP contribution in [0, 0.1) is 0 Å². The molecule has 4 nitrogen and oxygen atoms in total. The lowest BCUT2D eigenvalue weighted by Gasteiger charge is -1.88. The maximum atomic E-state index is 11.0. The van der Waals surface area contributed by atoms with E-state index in [0.29, 0.717) is 0 Å². The van der Waals surface area contributed by atoms with Gasteiger partial charge in [-0.3, -0.25) is 9.59 Å². The molecule has 0 radical (unpaired) electrons. The Morgan fingerprint density at radius 3 is 2.82 bits per heavy atom. The van der Waals surface area contributed by atoms with Gasteiger partial charge in [-0.05, 0) is 6.92 Å². The van der Waals surface area contributed by atoms with Crippen molar-refractivity contribution in [1.82, 2.24) is 4.98 Å². The van der Waals surface area contributed by atoms with Crippen molar-refractivity contribution in [2.24, 2.45) is 0 Å². The summed E-state index contributed by atoms with van der Waals surface area (Å²) in [6, 6.07) is 0. The molecule has 1 rings (SSSR count). The lowest BCUT2D eigenvalue weighted by molar-refractivity contribution is -0.116. The van der Waals surface area contributed by atoms with E-state index in [-0.39, 0.29) is 23.7 Å². The summed E-state index contributed by atoms with van der Waals surface area (Å²) in [5.74, 6) is -0.468. The SMILES string of the molecule is CC(=O)CC(=O)c1cocn1. The number of ketones is 2. The van der Waals surface area contributed by atoms with Crippen molar-refractivity contribution in [3.63, 3.8) is 0 Å². The highest BCUT2D eigenvalue weighted by Crippen LogP contribution is 1.99. The molecule has 0 saturated heterocycles. The van der Waals surface area contributed by atoms with Gasteiger partial charge in [-0.2, -0.15) is 0 Å². The number of aromatic nitrogens is 1. The molecule has 1 aromatic heterocycles. The second-order valence-electron chi connectivity index (χ2n) is 2.18. The Kier molecular flexibility index (Phi) is 2.15. The number of carbonyl (C=O) groups is 2. The van der Waals surface area contributed by atoms with Gasteiger partial charge in [0.05, 0.1) is 6.42 Å². The molecule has 0 spiro atoms.